The van der Waals surface area contributed by atoms with Crippen molar-refractivity contribution in [2.24, 2.45) is 0 Å². The average molecular weight is 313 g/mol. The van der Waals surface area contributed by atoms with Crippen molar-refractivity contribution in [1.82, 2.24) is 9.97 Å². The Balaban J connectivity index is 1.77. The standard InChI is InChI=1S/C16H15N3O2S/c1-21-12-6-5-9(7-11(12)20)19-15-14-10-3-2-4-13(10)22-16(14)18-8-17-15/h5-8,20H,2-4H2,1H3,(H,17,18,19). The summed E-state index contributed by atoms with van der Waals surface area (Å²) >= 11 is 1.76. The van der Waals surface area contributed by atoms with Crippen molar-refractivity contribution in [3.05, 3.63) is 35.0 Å². The van der Waals surface area contributed by atoms with Gasteiger partial charge in [-0.15, -0.1) is 11.3 Å². The van der Waals surface area contributed by atoms with Crippen molar-refractivity contribution in [3.63, 3.8) is 0 Å². The van der Waals surface area contributed by atoms with E-state index in [4.69, 9.17) is 4.74 Å². The molecule has 0 aliphatic heterocycles. The van der Waals surface area contributed by atoms with Gasteiger partial charge < -0.3 is 15.2 Å². The molecule has 22 heavy (non-hydrogen) atoms. The number of phenols is 1. The Hall–Kier alpha value is -2.34. The minimum absolute atomic E-state index is 0.105. The van der Waals surface area contributed by atoms with E-state index in [-0.39, 0.29) is 5.75 Å². The van der Waals surface area contributed by atoms with E-state index >= 15 is 0 Å². The normalized spacial score (nSPS) is 13.3. The highest BCUT2D eigenvalue weighted by atomic mass is 32.1. The second-order valence-electron chi connectivity index (χ2n) is 5.27. The van der Waals surface area contributed by atoms with E-state index in [1.165, 1.54) is 24.0 Å². The number of phenolic OH excluding ortho intramolecular Hbond substituents is 1. The van der Waals surface area contributed by atoms with Gasteiger partial charge in [0.05, 0.1) is 12.5 Å². The molecule has 4 rings (SSSR count). The number of anilines is 2. The Bertz CT molecular complexity index is 860. The molecule has 112 valence electrons. The van der Waals surface area contributed by atoms with Crippen LogP contribution in [-0.4, -0.2) is 22.2 Å². The first kappa shape index (κ1) is 13.3. The highest BCUT2D eigenvalue weighted by Gasteiger charge is 2.21. The summed E-state index contributed by atoms with van der Waals surface area (Å²) in [4.78, 5) is 11.2. The summed E-state index contributed by atoms with van der Waals surface area (Å²) in [6.07, 6.45) is 5.01. The van der Waals surface area contributed by atoms with Gasteiger partial charge in [-0.2, -0.15) is 0 Å². The summed E-state index contributed by atoms with van der Waals surface area (Å²) in [6, 6.07) is 5.23. The average Bonchev–Trinajstić information content (AvgIpc) is 3.08. The smallest absolute Gasteiger partial charge is 0.160 e. The molecule has 0 bridgehead atoms. The maximum absolute atomic E-state index is 9.90. The lowest BCUT2D eigenvalue weighted by Gasteiger charge is -2.09. The second kappa shape index (κ2) is 5.14. The topological polar surface area (TPSA) is 67.3 Å². The van der Waals surface area contributed by atoms with E-state index in [1.54, 1.807) is 29.8 Å². The predicted molar refractivity (Wildman–Crippen MR) is 87.4 cm³/mol. The van der Waals surface area contributed by atoms with Crippen LogP contribution in [0.5, 0.6) is 11.5 Å². The Morgan fingerprint density at radius 3 is 3.00 bits per heavy atom. The molecule has 0 radical (unpaired) electrons. The fraction of sp³-hybridized carbons (Fsp3) is 0.250. The summed E-state index contributed by atoms with van der Waals surface area (Å²) in [7, 11) is 1.53. The summed E-state index contributed by atoms with van der Waals surface area (Å²) in [6.45, 7) is 0. The van der Waals surface area contributed by atoms with Crippen LogP contribution in [0.25, 0.3) is 10.2 Å². The molecule has 0 spiro atoms. The Kier molecular flexibility index (Phi) is 3.11. The van der Waals surface area contributed by atoms with Gasteiger partial charge >= 0.3 is 0 Å². The third-order valence-electron chi connectivity index (χ3n) is 3.94. The number of methoxy groups -OCH3 is 1. The summed E-state index contributed by atoms with van der Waals surface area (Å²) in [5.74, 6) is 1.36. The molecule has 0 atom stereocenters. The molecule has 0 unspecified atom stereocenters. The molecule has 1 aromatic carbocycles. The molecule has 0 saturated heterocycles. The number of fused-ring (bicyclic) bond motifs is 3. The van der Waals surface area contributed by atoms with Crippen LogP contribution in [0.1, 0.15) is 16.9 Å². The fourth-order valence-electron chi connectivity index (χ4n) is 2.93. The van der Waals surface area contributed by atoms with E-state index in [0.29, 0.717) is 5.75 Å². The van der Waals surface area contributed by atoms with Gasteiger partial charge in [-0.3, -0.25) is 0 Å². The number of aromatic hydroxyl groups is 1. The zero-order valence-corrected chi connectivity index (χ0v) is 12.9. The number of nitrogens with one attached hydrogen (secondary N) is 1. The largest absolute Gasteiger partial charge is 0.504 e. The lowest BCUT2D eigenvalue weighted by Crippen LogP contribution is -1.96. The van der Waals surface area contributed by atoms with Gasteiger partial charge in [-0.1, -0.05) is 0 Å². The molecular formula is C16H15N3O2S. The number of thiophene rings is 1. The molecule has 0 saturated carbocycles. The van der Waals surface area contributed by atoms with Crippen molar-refractivity contribution in [1.29, 1.82) is 0 Å². The molecule has 0 amide bonds. The number of hydrogen-bond acceptors (Lipinski definition) is 6. The highest BCUT2D eigenvalue weighted by Crippen LogP contribution is 2.40. The van der Waals surface area contributed by atoms with Crippen LogP contribution in [0.4, 0.5) is 11.5 Å². The SMILES string of the molecule is COc1ccc(Nc2ncnc3sc4c(c23)CCC4)cc1O. The van der Waals surface area contributed by atoms with Gasteiger partial charge in [0.2, 0.25) is 0 Å². The van der Waals surface area contributed by atoms with E-state index < -0.39 is 0 Å². The summed E-state index contributed by atoms with van der Waals surface area (Å²) < 4.78 is 5.07. The lowest BCUT2D eigenvalue weighted by molar-refractivity contribution is 0.373. The van der Waals surface area contributed by atoms with Crippen molar-refractivity contribution in [2.75, 3.05) is 12.4 Å². The van der Waals surface area contributed by atoms with Crippen LogP contribution >= 0.6 is 11.3 Å². The molecule has 5 nitrogen and oxygen atoms in total. The summed E-state index contributed by atoms with van der Waals surface area (Å²) in [5.41, 5.74) is 2.15. The third-order valence-corrected chi connectivity index (χ3v) is 5.14. The predicted octanol–water partition coefficient (Wildman–Crippen LogP) is 3.64. The van der Waals surface area contributed by atoms with Crippen LogP contribution in [0.15, 0.2) is 24.5 Å². The first-order chi connectivity index (χ1) is 10.8. The van der Waals surface area contributed by atoms with Crippen LogP contribution in [-0.2, 0) is 12.8 Å². The van der Waals surface area contributed by atoms with Crippen molar-refractivity contribution >= 4 is 33.1 Å². The van der Waals surface area contributed by atoms with E-state index in [1.807, 2.05) is 6.07 Å². The third kappa shape index (κ3) is 2.07. The molecule has 0 fully saturated rings. The Morgan fingerprint density at radius 1 is 1.27 bits per heavy atom. The van der Waals surface area contributed by atoms with Gasteiger partial charge in [0.25, 0.3) is 0 Å². The second-order valence-corrected chi connectivity index (χ2v) is 6.36. The number of nitrogens with zero attached hydrogens (tertiary/aromatic N) is 2. The molecule has 6 heteroatoms. The zero-order chi connectivity index (χ0) is 15.1. The number of benzene rings is 1. The first-order valence-electron chi connectivity index (χ1n) is 7.15. The monoisotopic (exact) mass is 313 g/mol. The number of hydrogen-bond donors (Lipinski definition) is 2. The van der Waals surface area contributed by atoms with Crippen LogP contribution in [0, 0.1) is 0 Å². The maximum Gasteiger partial charge on any atom is 0.160 e. The number of rotatable bonds is 3. The van der Waals surface area contributed by atoms with Crippen molar-refractivity contribution < 1.29 is 9.84 Å². The molecule has 2 heterocycles. The van der Waals surface area contributed by atoms with Crippen LogP contribution in [0.3, 0.4) is 0 Å². The molecule has 3 aromatic rings. The van der Waals surface area contributed by atoms with E-state index in [0.717, 1.165) is 34.6 Å². The molecule has 1 aliphatic carbocycles. The van der Waals surface area contributed by atoms with Crippen LogP contribution in [0.2, 0.25) is 0 Å². The maximum atomic E-state index is 9.90. The molecule has 2 aromatic heterocycles. The minimum Gasteiger partial charge on any atom is -0.504 e. The molecular weight excluding hydrogens is 298 g/mol. The van der Waals surface area contributed by atoms with Gasteiger partial charge in [0.15, 0.2) is 11.5 Å². The van der Waals surface area contributed by atoms with E-state index in [9.17, 15) is 5.11 Å². The summed E-state index contributed by atoms with van der Waals surface area (Å²) in [5, 5.41) is 14.3. The minimum atomic E-state index is 0.105. The highest BCUT2D eigenvalue weighted by molar-refractivity contribution is 7.19. The Morgan fingerprint density at radius 2 is 2.18 bits per heavy atom. The van der Waals surface area contributed by atoms with Gasteiger partial charge in [0.1, 0.15) is 17.0 Å². The quantitative estimate of drug-likeness (QED) is 0.773. The van der Waals surface area contributed by atoms with Crippen molar-refractivity contribution in [3.8, 4) is 11.5 Å². The van der Waals surface area contributed by atoms with Gasteiger partial charge in [-0.05, 0) is 37.0 Å². The number of aromatic nitrogens is 2. The molecule has 2 N–H and O–H groups in total. The number of aryl methyl sites for hydroxylation is 2. The molecule has 1 aliphatic rings. The lowest BCUT2D eigenvalue weighted by atomic mass is 10.2. The van der Waals surface area contributed by atoms with Gasteiger partial charge in [0, 0.05) is 16.6 Å². The van der Waals surface area contributed by atoms with Crippen molar-refractivity contribution in [2.45, 2.75) is 19.3 Å². The number of ether oxygens (including phenoxy) is 1. The zero-order valence-electron chi connectivity index (χ0n) is 12.1. The van der Waals surface area contributed by atoms with Gasteiger partial charge in [-0.25, -0.2) is 9.97 Å². The van der Waals surface area contributed by atoms with Crippen LogP contribution < -0.4 is 10.1 Å². The first-order valence-corrected chi connectivity index (χ1v) is 7.97. The van der Waals surface area contributed by atoms with E-state index in [2.05, 4.69) is 15.3 Å². The fourth-order valence-corrected chi connectivity index (χ4v) is 4.16. The Labute approximate surface area is 131 Å².